The van der Waals surface area contributed by atoms with Gasteiger partial charge in [0.1, 0.15) is 0 Å². The summed E-state index contributed by atoms with van der Waals surface area (Å²) in [6, 6.07) is 0. The van der Waals surface area contributed by atoms with Crippen molar-refractivity contribution in [2.75, 3.05) is 19.7 Å². The SMILES string of the molecule is CCC(C(=O)N(CC)CCCO)C(N)=NO. The van der Waals surface area contributed by atoms with Crippen LogP contribution in [0.4, 0.5) is 0 Å². The molecule has 1 amide bonds. The van der Waals surface area contributed by atoms with E-state index in [-0.39, 0.29) is 18.3 Å². The average Bonchev–Trinajstić information content (AvgIpc) is 2.30. The van der Waals surface area contributed by atoms with E-state index in [1.165, 1.54) is 0 Å². The van der Waals surface area contributed by atoms with Crippen LogP contribution < -0.4 is 5.73 Å². The van der Waals surface area contributed by atoms with Crippen LogP contribution in [0, 0.1) is 5.92 Å². The fourth-order valence-electron chi connectivity index (χ4n) is 1.49. The van der Waals surface area contributed by atoms with Gasteiger partial charge in [-0.25, -0.2) is 0 Å². The minimum atomic E-state index is -0.580. The van der Waals surface area contributed by atoms with Gasteiger partial charge >= 0.3 is 0 Å². The number of oxime groups is 1. The summed E-state index contributed by atoms with van der Waals surface area (Å²) in [5.41, 5.74) is 5.45. The summed E-state index contributed by atoms with van der Waals surface area (Å²) >= 11 is 0. The van der Waals surface area contributed by atoms with Crippen molar-refractivity contribution in [3.63, 3.8) is 0 Å². The van der Waals surface area contributed by atoms with Crippen LogP contribution in [0.15, 0.2) is 5.16 Å². The van der Waals surface area contributed by atoms with E-state index in [1.54, 1.807) is 11.8 Å². The van der Waals surface area contributed by atoms with Crippen molar-refractivity contribution in [1.82, 2.24) is 4.90 Å². The second-order valence-electron chi connectivity index (χ2n) is 3.48. The van der Waals surface area contributed by atoms with Gasteiger partial charge < -0.3 is 20.9 Å². The molecule has 0 aromatic heterocycles. The predicted octanol–water partition coefficient (Wildman–Crippen LogP) is -0.0101. The molecule has 4 N–H and O–H groups in total. The molecule has 0 bridgehead atoms. The van der Waals surface area contributed by atoms with Gasteiger partial charge in [-0.2, -0.15) is 0 Å². The number of nitrogens with zero attached hydrogens (tertiary/aromatic N) is 2. The Balaban J connectivity index is 4.57. The Bertz CT molecular complexity index is 243. The molecule has 0 heterocycles. The molecule has 0 aromatic carbocycles. The molecule has 6 nitrogen and oxygen atoms in total. The highest BCUT2D eigenvalue weighted by Crippen LogP contribution is 2.08. The van der Waals surface area contributed by atoms with E-state index >= 15 is 0 Å². The molecule has 0 fully saturated rings. The number of carbonyl (C=O) groups is 1. The Morgan fingerprint density at radius 1 is 1.50 bits per heavy atom. The maximum absolute atomic E-state index is 12.0. The van der Waals surface area contributed by atoms with E-state index in [1.807, 2.05) is 6.92 Å². The van der Waals surface area contributed by atoms with E-state index in [0.717, 1.165) is 0 Å². The first-order valence-corrected chi connectivity index (χ1v) is 5.49. The van der Waals surface area contributed by atoms with Gasteiger partial charge in [0.05, 0.1) is 5.92 Å². The van der Waals surface area contributed by atoms with Crippen LogP contribution >= 0.6 is 0 Å². The van der Waals surface area contributed by atoms with Crippen LogP contribution in [0.2, 0.25) is 0 Å². The third-order valence-electron chi connectivity index (χ3n) is 2.46. The standard InChI is InChI=1S/C10H21N3O3/c1-3-8(9(11)12-16)10(15)13(4-2)6-5-7-14/h8,14,16H,3-7H2,1-2H3,(H2,11,12). The molecular formula is C10H21N3O3. The molecule has 94 valence electrons. The van der Waals surface area contributed by atoms with Gasteiger partial charge in [0, 0.05) is 19.7 Å². The van der Waals surface area contributed by atoms with Gasteiger partial charge in [0.2, 0.25) is 5.91 Å². The highest BCUT2D eigenvalue weighted by Gasteiger charge is 2.25. The first-order valence-electron chi connectivity index (χ1n) is 5.49. The van der Waals surface area contributed by atoms with Crippen LogP contribution in [0.3, 0.4) is 0 Å². The van der Waals surface area contributed by atoms with E-state index < -0.39 is 5.92 Å². The Morgan fingerprint density at radius 2 is 2.12 bits per heavy atom. The van der Waals surface area contributed by atoms with Crippen LogP contribution in [0.25, 0.3) is 0 Å². The predicted molar refractivity (Wildman–Crippen MR) is 61.1 cm³/mol. The van der Waals surface area contributed by atoms with Gasteiger partial charge in [-0.3, -0.25) is 4.79 Å². The van der Waals surface area contributed by atoms with E-state index in [2.05, 4.69) is 5.16 Å². The fraction of sp³-hybridized carbons (Fsp3) is 0.800. The van der Waals surface area contributed by atoms with Gasteiger partial charge in [-0.05, 0) is 19.8 Å². The van der Waals surface area contributed by atoms with E-state index in [0.29, 0.717) is 25.9 Å². The molecule has 6 heteroatoms. The summed E-state index contributed by atoms with van der Waals surface area (Å²) < 4.78 is 0. The Hall–Kier alpha value is -1.30. The number of aliphatic hydroxyl groups excluding tert-OH is 1. The van der Waals surface area contributed by atoms with Crippen molar-refractivity contribution in [3.8, 4) is 0 Å². The number of amidine groups is 1. The van der Waals surface area contributed by atoms with Crippen LogP contribution in [-0.4, -0.2) is 46.7 Å². The lowest BCUT2D eigenvalue weighted by molar-refractivity contribution is -0.133. The van der Waals surface area contributed by atoms with Crippen LogP contribution in [-0.2, 0) is 4.79 Å². The third-order valence-corrected chi connectivity index (χ3v) is 2.46. The maximum atomic E-state index is 12.0. The topological polar surface area (TPSA) is 99.2 Å². The van der Waals surface area contributed by atoms with Crippen molar-refractivity contribution >= 4 is 11.7 Å². The quantitative estimate of drug-likeness (QED) is 0.248. The molecule has 1 atom stereocenters. The second-order valence-corrected chi connectivity index (χ2v) is 3.48. The molecule has 0 aromatic rings. The minimum absolute atomic E-state index is 0.0458. The van der Waals surface area contributed by atoms with Crippen molar-refractivity contribution in [1.29, 1.82) is 0 Å². The lowest BCUT2D eigenvalue weighted by Crippen LogP contribution is -2.42. The number of carbonyl (C=O) groups excluding carboxylic acids is 1. The summed E-state index contributed by atoms with van der Waals surface area (Å²) in [5, 5.41) is 20.2. The Labute approximate surface area is 95.7 Å². The number of nitrogens with two attached hydrogens (primary N) is 1. The van der Waals surface area contributed by atoms with Crippen LogP contribution in [0.5, 0.6) is 0 Å². The number of rotatable bonds is 7. The van der Waals surface area contributed by atoms with E-state index in [4.69, 9.17) is 16.0 Å². The van der Waals surface area contributed by atoms with Crippen molar-refractivity contribution in [2.24, 2.45) is 16.8 Å². The molecule has 0 rings (SSSR count). The molecule has 1 unspecified atom stereocenters. The zero-order valence-corrected chi connectivity index (χ0v) is 9.89. The zero-order valence-electron chi connectivity index (χ0n) is 9.89. The van der Waals surface area contributed by atoms with Crippen LogP contribution in [0.1, 0.15) is 26.7 Å². The normalized spacial score (nSPS) is 13.6. The zero-order chi connectivity index (χ0) is 12.6. The molecule has 0 radical (unpaired) electrons. The molecule has 0 aliphatic carbocycles. The minimum Gasteiger partial charge on any atom is -0.409 e. The largest absolute Gasteiger partial charge is 0.409 e. The van der Waals surface area contributed by atoms with E-state index in [9.17, 15) is 4.79 Å². The summed E-state index contributed by atoms with van der Waals surface area (Å²) in [4.78, 5) is 13.6. The Kier molecular flexibility index (Phi) is 7.28. The monoisotopic (exact) mass is 231 g/mol. The number of hydrogen-bond donors (Lipinski definition) is 3. The summed E-state index contributed by atoms with van der Waals surface area (Å²) in [5.74, 6) is -0.799. The van der Waals surface area contributed by atoms with Crippen molar-refractivity contribution < 1.29 is 15.1 Å². The highest BCUT2D eigenvalue weighted by atomic mass is 16.4. The molecule has 0 aliphatic heterocycles. The highest BCUT2D eigenvalue weighted by molar-refractivity contribution is 6.01. The fourth-order valence-corrected chi connectivity index (χ4v) is 1.49. The molecular weight excluding hydrogens is 210 g/mol. The maximum Gasteiger partial charge on any atom is 0.233 e. The average molecular weight is 231 g/mol. The third kappa shape index (κ3) is 4.06. The van der Waals surface area contributed by atoms with Crippen molar-refractivity contribution in [2.45, 2.75) is 26.7 Å². The lowest BCUT2D eigenvalue weighted by Gasteiger charge is -2.24. The van der Waals surface area contributed by atoms with Gasteiger partial charge in [-0.15, -0.1) is 0 Å². The first-order chi connectivity index (χ1) is 7.62. The molecule has 0 aliphatic rings. The summed E-state index contributed by atoms with van der Waals surface area (Å²) in [7, 11) is 0. The smallest absolute Gasteiger partial charge is 0.233 e. The molecule has 0 spiro atoms. The first kappa shape index (κ1) is 14.7. The van der Waals surface area contributed by atoms with Gasteiger partial charge in [-0.1, -0.05) is 12.1 Å². The molecule has 0 saturated carbocycles. The number of aliphatic hydroxyl groups is 1. The second kappa shape index (κ2) is 7.92. The number of amides is 1. The molecule has 16 heavy (non-hydrogen) atoms. The number of hydrogen-bond acceptors (Lipinski definition) is 4. The Morgan fingerprint density at radius 3 is 2.50 bits per heavy atom. The lowest BCUT2D eigenvalue weighted by atomic mass is 10.0. The van der Waals surface area contributed by atoms with Crippen molar-refractivity contribution in [3.05, 3.63) is 0 Å². The molecule has 0 saturated heterocycles. The van der Waals surface area contributed by atoms with Gasteiger partial charge in [0.25, 0.3) is 0 Å². The summed E-state index contributed by atoms with van der Waals surface area (Å²) in [6.45, 7) is 4.74. The van der Waals surface area contributed by atoms with Gasteiger partial charge in [0.15, 0.2) is 5.84 Å². The summed E-state index contributed by atoms with van der Waals surface area (Å²) in [6.07, 6.45) is 1.02.